The van der Waals surface area contributed by atoms with Gasteiger partial charge in [0.1, 0.15) is 6.10 Å². The van der Waals surface area contributed by atoms with Crippen molar-refractivity contribution in [2.75, 3.05) is 0 Å². The van der Waals surface area contributed by atoms with E-state index in [-0.39, 0.29) is 6.42 Å². The number of aliphatic carboxylic acids is 1. The van der Waals surface area contributed by atoms with Crippen molar-refractivity contribution >= 4 is 14.8 Å². The van der Waals surface area contributed by atoms with E-state index < -0.39 is 39.4 Å². The Bertz CT molecular complexity index is 285. The highest BCUT2D eigenvalue weighted by Gasteiger charge is 2.57. The van der Waals surface area contributed by atoms with Gasteiger partial charge in [0.25, 0.3) is 0 Å². The molecule has 7 nitrogen and oxygen atoms in total. The van der Waals surface area contributed by atoms with Crippen molar-refractivity contribution < 1.29 is 33.4 Å². The molecular formula is C7H12O7Si. The van der Waals surface area contributed by atoms with E-state index in [1.54, 1.807) is 0 Å². The van der Waals surface area contributed by atoms with Crippen molar-refractivity contribution in [3.63, 3.8) is 0 Å². The van der Waals surface area contributed by atoms with Gasteiger partial charge < -0.3 is 28.6 Å². The zero-order chi connectivity index (χ0) is 11.2. The lowest BCUT2D eigenvalue weighted by Crippen LogP contribution is -2.46. The normalized spacial score (nSPS) is 50.1. The molecule has 2 bridgehead atoms. The number of hydrogen-bond donors (Lipinski definition) is 3. The van der Waals surface area contributed by atoms with Gasteiger partial charge in [-0.1, -0.05) is 0 Å². The Kier molecular flexibility index (Phi) is 2.57. The molecule has 2 saturated heterocycles. The zero-order valence-electron chi connectivity index (χ0n) is 7.99. The van der Waals surface area contributed by atoms with Crippen LogP contribution < -0.4 is 0 Å². The number of carbonyl (C=O) groups is 1. The summed E-state index contributed by atoms with van der Waals surface area (Å²) in [7, 11) is -3.11. The number of aliphatic hydroxyl groups excluding tert-OH is 2. The molecule has 0 aromatic heterocycles. The van der Waals surface area contributed by atoms with Crippen molar-refractivity contribution in [2.45, 2.75) is 37.6 Å². The predicted octanol–water partition coefficient (Wildman–Crippen LogP) is -1.48. The number of aliphatic hydroxyl groups is 2. The number of carboxylic acid groups (broad SMARTS) is 1. The van der Waals surface area contributed by atoms with Gasteiger partial charge in [0.05, 0.1) is 6.10 Å². The molecule has 2 aliphatic rings. The van der Waals surface area contributed by atoms with Crippen LogP contribution in [-0.2, 0) is 18.1 Å². The van der Waals surface area contributed by atoms with Crippen LogP contribution in [0.5, 0.6) is 0 Å². The smallest absolute Gasteiger partial charge is 0.479 e. The van der Waals surface area contributed by atoms with Gasteiger partial charge in [-0.05, 0) is 0 Å². The fraction of sp³-hybridized carbons (Fsp3) is 0.857. The van der Waals surface area contributed by atoms with E-state index in [1.165, 1.54) is 6.55 Å². The SMILES string of the molecule is C[Si]12OC(O)C(O)CC(O1)C(C(=O)O)O2. The van der Waals surface area contributed by atoms with Crippen molar-refractivity contribution in [3.8, 4) is 0 Å². The van der Waals surface area contributed by atoms with Gasteiger partial charge in [0.2, 0.25) is 0 Å². The average Bonchev–Trinajstić information content (AvgIpc) is 2.36. The molecule has 0 aliphatic carbocycles. The third-order valence-corrected chi connectivity index (χ3v) is 4.51. The standard InChI is InChI=1S/C7H12O7Si/c1-15-12-4(5(13-15)6(9)10)2-3(8)7(11)14-15/h3-5,7-8,11H,2H2,1H3,(H,9,10). The maximum Gasteiger partial charge on any atom is 0.500 e. The van der Waals surface area contributed by atoms with Crippen molar-refractivity contribution in [2.24, 2.45) is 0 Å². The van der Waals surface area contributed by atoms with Crippen molar-refractivity contribution in [1.82, 2.24) is 0 Å². The molecule has 2 rings (SSSR count). The van der Waals surface area contributed by atoms with Gasteiger partial charge in [-0.2, -0.15) is 0 Å². The molecule has 0 aromatic rings. The van der Waals surface area contributed by atoms with Crippen LogP contribution in [-0.4, -0.2) is 54.7 Å². The lowest BCUT2D eigenvalue weighted by atomic mass is 10.1. The fourth-order valence-electron chi connectivity index (χ4n) is 1.76. The van der Waals surface area contributed by atoms with Crippen molar-refractivity contribution in [1.29, 1.82) is 0 Å². The molecule has 86 valence electrons. The Labute approximate surface area is 86.6 Å². The lowest BCUT2D eigenvalue weighted by molar-refractivity contribution is -0.154. The van der Waals surface area contributed by atoms with Crippen LogP contribution in [0.3, 0.4) is 0 Å². The molecule has 8 heteroatoms. The Morgan fingerprint density at radius 3 is 2.60 bits per heavy atom. The second-order valence-electron chi connectivity index (χ2n) is 3.71. The van der Waals surface area contributed by atoms with Crippen LogP contribution in [0.2, 0.25) is 6.55 Å². The molecule has 2 fully saturated rings. The molecule has 2 aliphatic heterocycles. The third kappa shape index (κ3) is 1.91. The second kappa shape index (κ2) is 3.51. The van der Waals surface area contributed by atoms with Gasteiger partial charge in [0, 0.05) is 13.0 Å². The molecule has 0 saturated carbocycles. The summed E-state index contributed by atoms with van der Waals surface area (Å²) >= 11 is 0. The Morgan fingerprint density at radius 1 is 1.33 bits per heavy atom. The quantitative estimate of drug-likeness (QED) is 0.477. The van der Waals surface area contributed by atoms with Crippen LogP contribution in [0.1, 0.15) is 6.42 Å². The minimum Gasteiger partial charge on any atom is -0.479 e. The molecular weight excluding hydrogens is 224 g/mol. The number of fused-ring (bicyclic) bond motifs is 2. The minimum absolute atomic E-state index is 0.0132. The first-order chi connectivity index (χ1) is 6.91. The fourth-order valence-corrected chi connectivity index (χ4v) is 4.01. The molecule has 0 spiro atoms. The predicted molar refractivity (Wildman–Crippen MR) is 46.7 cm³/mol. The zero-order valence-corrected chi connectivity index (χ0v) is 8.99. The number of rotatable bonds is 1. The largest absolute Gasteiger partial charge is 0.500 e. The third-order valence-electron chi connectivity index (χ3n) is 2.43. The molecule has 5 atom stereocenters. The van der Waals surface area contributed by atoms with Crippen LogP contribution in [0, 0.1) is 0 Å². The second-order valence-corrected chi connectivity index (χ2v) is 6.14. The highest BCUT2D eigenvalue weighted by molar-refractivity contribution is 6.60. The summed E-state index contributed by atoms with van der Waals surface area (Å²) in [6.07, 6.45) is -4.41. The summed E-state index contributed by atoms with van der Waals surface area (Å²) in [6, 6.07) is 0. The molecule has 5 unspecified atom stereocenters. The molecule has 15 heavy (non-hydrogen) atoms. The maximum atomic E-state index is 10.8. The summed E-state index contributed by atoms with van der Waals surface area (Å²) in [5.74, 6) is -1.15. The summed E-state index contributed by atoms with van der Waals surface area (Å²) in [6.45, 7) is 1.49. The first-order valence-electron chi connectivity index (χ1n) is 4.54. The Hall–Kier alpha value is -0.513. The summed E-state index contributed by atoms with van der Waals surface area (Å²) in [5.41, 5.74) is 0. The van der Waals surface area contributed by atoms with Crippen LogP contribution in [0.15, 0.2) is 0 Å². The number of hydrogen-bond acceptors (Lipinski definition) is 6. The van der Waals surface area contributed by atoms with E-state index in [0.29, 0.717) is 0 Å². The van der Waals surface area contributed by atoms with Crippen molar-refractivity contribution in [3.05, 3.63) is 0 Å². The summed E-state index contributed by atoms with van der Waals surface area (Å²) in [5, 5.41) is 27.6. The lowest BCUT2D eigenvalue weighted by Gasteiger charge is -2.24. The van der Waals surface area contributed by atoms with E-state index in [1.807, 2.05) is 0 Å². The van der Waals surface area contributed by atoms with Crippen LogP contribution >= 0.6 is 0 Å². The Balaban J connectivity index is 2.21. The van der Waals surface area contributed by atoms with E-state index in [9.17, 15) is 15.0 Å². The first-order valence-corrected chi connectivity index (χ1v) is 6.76. The summed E-state index contributed by atoms with van der Waals surface area (Å²) in [4.78, 5) is 10.8. The average molecular weight is 236 g/mol. The van der Waals surface area contributed by atoms with Crippen LogP contribution in [0.4, 0.5) is 0 Å². The van der Waals surface area contributed by atoms with Gasteiger partial charge >= 0.3 is 14.8 Å². The molecule has 0 aromatic carbocycles. The maximum absolute atomic E-state index is 10.8. The van der Waals surface area contributed by atoms with Gasteiger partial charge in [-0.25, -0.2) is 4.79 Å². The number of carboxylic acids is 1. The van der Waals surface area contributed by atoms with Gasteiger partial charge in [-0.15, -0.1) is 0 Å². The van der Waals surface area contributed by atoms with Gasteiger partial charge in [0.15, 0.2) is 12.4 Å². The van der Waals surface area contributed by atoms with Gasteiger partial charge in [-0.3, -0.25) is 0 Å². The molecule has 0 amide bonds. The van der Waals surface area contributed by atoms with E-state index in [0.717, 1.165) is 0 Å². The highest BCUT2D eigenvalue weighted by Crippen LogP contribution is 2.33. The molecule has 0 radical (unpaired) electrons. The topological polar surface area (TPSA) is 105 Å². The Morgan fingerprint density at radius 2 is 2.00 bits per heavy atom. The molecule has 2 heterocycles. The van der Waals surface area contributed by atoms with E-state index in [2.05, 4.69) is 0 Å². The van der Waals surface area contributed by atoms with E-state index >= 15 is 0 Å². The van der Waals surface area contributed by atoms with E-state index in [4.69, 9.17) is 18.4 Å². The summed E-state index contributed by atoms with van der Waals surface area (Å²) < 4.78 is 15.5. The first kappa shape index (κ1) is 11.0. The highest BCUT2D eigenvalue weighted by atomic mass is 28.4. The van der Waals surface area contributed by atoms with Crippen LogP contribution in [0.25, 0.3) is 0 Å². The monoisotopic (exact) mass is 236 g/mol. The minimum atomic E-state index is -3.11. The molecule has 3 N–H and O–H groups in total.